The Morgan fingerprint density at radius 1 is 1.19 bits per heavy atom. The molecule has 1 aromatic carbocycles. The zero-order valence-corrected chi connectivity index (χ0v) is 10.5. The summed E-state index contributed by atoms with van der Waals surface area (Å²) in [6.07, 6.45) is 3.05. The van der Waals surface area contributed by atoms with Gasteiger partial charge in [0.2, 0.25) is 0 Å². The van der Waals surface area contributed by atoms with Crippen molar-refractivity contribution >= 4 is 38.9 Å². The first kappa shape index (κ1) is 11.0. The van der Waals surface area contributed by atoms with Crippen LogP contribution >= 0.6 is 28.1 Å². The van der Waals surface area contributed by atoms with Crippen molar-refractivity contribution in [1.82, 2.24) is 14.9 Å². The van der Waals surface area contributed by atoms with Gasteiger partial charge >= 0.3 is 0 Å². The lowest BCUT2D eigenvalue weighted by atomic mass is 10.3. The maximum atomic E-state index is 5.11. The number of benzene rings is 1. The van der Waals surface area contributed by atoms with Gasteiger partial charge in [-0.15, -0.1) is 10.2 Å². The Hall–Kier alpha value is -1.47. The molecule has 0 unspecified atom stereocenters. The van der Waals surface area contributed by atoms with Crippen molar-refractivity contribution < 1.29 is 0 Å². The summed E-state index contributed by atoms with van der Waals surface area (Å²) in [5, 5.41) is 10.8. The van der Waals surface area contributed by atoms with E-state index >= 15 is 0 Å². The van der Waals surface area contributed by atoms with Crippen LogP contribution in [0.1, 0.15) is 0 Å². The summed E-state index contributed by atoms with van der Waals surface area (Å²) in [5.41, 5.74) is 3.80. The van der Waals surface area contributed by atoms with Gasteiger partial charge in [0, 0.05) is 10.2 Å². The summed E-state index contributed by atoms with van der Waals surface area (Å²) in [6, 6.07) is 7.71. The lowest BCUT2D eigenvalue weighted by Gasteiger charge is -2.09. The third-order valence-electron chi connectivity index (χ3n) is 1.75. The smallest absolute Gasteiger partial charge is 0.190 e. The van der Waals surface area contributed by atoms with E-state index in [9.17, 15) is 0 Å². The second-order valence-electron chi connectivity index (χ2n) is 2.94. The van der Waals surface area contributed by atoms with Gasteiger partial charge in [0.15, 0.2) is 5.11 Å². The first-order valence-corrected chi connectivity index (χ1v) is 5.62. The van der Waals surface area contributed by atoms with E-state index in [1.807, 2.05) is 24.3 Å². The van der Waals surface area contributed by atoms with Crippen LogP contribution in [0.2, 0.25) is 0 Å². The van der Waals surface area contributed by atoms with Gasteiger partial charge in [-0.3, -0.25) is 5.43 Å². The SMILES string of the molecule is S=C(Nc1ccc(Br)cc1)Nn1cnnc1. The summed E-state index contributed by atoms with van der Waals surface area (Å²) in [4.78, 5) is 0. The molecule has 0 bridgehead atoms. The number of aromatic nitrogens is 3. The van der Waals surface area contributed by atoms with E-state index in [-0.39, 0.29) is 0 Å². The molecule has 0 fully saturated rings. The van der Waals surface area contributed by atoms with E-state index in [0.29, 0.717) is 5.11 Å². The van der Waals surface area contributed by atoms with Gasteiger partial charge in [0.25, 0.3) is 0 Å². The van der Waals surface area contributed by atoms with Crippen molar-refractivity contribution in [3.8, 4) is 0 Å². The van der Waals surface area contributed by atoms with Crippen molar-refractivity contribution in [2.75, 3.05) is 10.7 Å². The van der Waals surface area contributed by atoms with E-state index in [1.54, 1.807) is 4.68 Å². The normalized spacial score (nSPS) is 9.81. The summed E-state index contributed by atoms with van der Waals surface area (Å²) < 4.78 is 2.59. The quantitative estimate of drug-likeness (QED) is 0.830. The van der Waals surface area contributed by atoms with Gasteiger partial charge in [-0.05, 0) is 36.5 Å². The summed E-state index contributed by atoms with van der Waals surface area (Å²) >= 11 is 8.47. The minimum Gasteiger partial charge on any atom is -0.331 e. The largest absolute Gasteiger partial charge is 0.331 e. The third-order valence-corrected chi connectivity index (χ3v) is 2.47. The molecular weight excluding hydrogens is 290 g/mol. The van der Waals surface area contributed by atoms with Crippen molar-refractivity contribution in [2.24, 2.45) is 0 Å². The fourth-order valence-corrected chi connectivity index (χ4v) is 1.56. The van der Waals surface area contributed by atoms with Crippen LogP contribution in [-0.2, 0) is 0 Å². The highest BCUT2D eigenvalue weighted by Gasteiger charge is 1.97. The lowest BCUT2D eigenvalue weighted by Crippen LogP contribution is -2.26. The average molecular weight is 298 g/mol. The number of rotatable bonds is 2. The second kappa shape index (κ2) is 5.04. The van der Waals surface area contributed by atoms with Crippen LogP contribution in [0.25, 0.3) is 0 Å². The monoisotopic (exact) mass is 297 g/mol. The molecule has 0 aliphatic carbocycles. The Bertz CT molecular complexity index is 467. The van der Waals surface area contributed by atoms with E-state index in [2.05, 4.69) is 36.9 Å². The average Bonchev–Trinajstić information content (AvgIpc) is 2.74. The van der Waals surface area contributed by atoms with Gasteiger partial charge in [0.1, 0.15) is 12.7 Å². The molecule has 1 heterocycles. The Labute approximate surface area is 106 Å². The minimum absolute atomic E-state index is 0.474. The predicted octanol–water partition coefficient (Wildman–Crippen LogP) is 1.98. The van der Waals surface area contributed by atoms with Crippen LogP contribution in [0.4, 0.5) is 5.69 Å². The first-order chi connectivity index (χ1) is 7.74. The molecule has 0 aliphatic rings. The molecular formula is C9H8BrN5S. The van der Waals surface area contributed by atoms with Crippen LogP contribution in [0, 0.1) is 0 Å². The molecule has 0 spiro atoms. The fourth-order valence-electron chi connectivity index (χ4n) is 1.07. The van der Waals surface area contributed by atoms with Crippen LogP contribution in [-0.4, -0.2) is 20.0 Å². The highest BCUT2D eigenvalue weighted by molar-refractivity contribution is 9.10. The molecule has 16 heavy (non-hydrogen) atoms. The number of halogens is 1. The van der Waals surface area contributed by atoms with Crippen molar-refractivity contribution in [3.63, 3.8) is 0 Å². The maximum absolute atomic E-state index is 5.11. The zero-order valence-electron chi connectivity index (χ0n) is 8.09. The van der Waals surface area contributed by atoms with Crippen LogP contribution in [0.15, 0.2) is 41.4 Å². The molecule has 0 atom stereocenters. The Kier molecular flexibility index (Phi) is 3.47. The molecule has 82 valence electrons. The standard InChI is InChI=1S/C9H8BrN5S/c10-7-1-3-8(4-2-7)13-9(16)14-15-5-11-12-6-15/h1-6H,(H2,13,14,16). The van der Waals surface area contributed by atoms with E-state index in [0.717, 1.165) is 10.2 Å². The lowest BCUT2D eigenvalue weighted by molar-refractivity contribution is 0.974. The van der Waals surface area contributed by atoms with Crippen molar-refractivity contribution in [2.45, 2.75) is 0 Å². The van der Waals surface area contributed by atoms with Gasteiger partial charge in [-0.2, -0.15) is 0 Å². The molecule has 2 rings (SSSR count). The van der Waals surface area contributed by atoms with Crippen LogP contribution in [0.3, 0.4) is 0 Å². The molecule has 7 heteroatoms. The van der Waals surface area contributed by atoms with Gasteiger partial charge in [-0.25, -0.2) is 4.68 Å². The molecule has 0 saturated heterocycles. The molecule has 0 aliphatic heterocycles. The minimum atomic E-state index is 0.474. The van der Waals surface area contributed by atoms with E-state index in [1.165, 1.54) is 12.7 Å². The fraction of sp³-hybridized carbons (Fsp3) is 0. The van der Waals surface area contributed by atoms with E-state index in [4.69, 9.17) is 12.2 Å². The highest BCUT2D eigenvalue weighted by Crippen LogP contribution is 2.13. The molecule has 2 N–H and O–H groups in total. The van der Waals surface area contributed by atoms with Crippen molar-refractivity contribution in [3.05, 3.63) is 41.4 Å². The first-order valence-electron chi connectivity index (χ1n) is 4.42. The molecule has 0 saturated carbocycles. The number of thiocarbonyl (C=S) groups is 1. The number of anilines is 1. The zero-order chi connectivity index (χ0) is 11.4. The third kappa shape index (κ3) is 3.01. The van der Waals surface area contributed by atoms with Crippen LogP contribution < -0.4 is 10.7 Å². The highest BCUT2D eigenvalue weighted by atomic mass is 79.9. The molecule has 0 radical (unpaired) electrons. The van der Waals surface area contributed by atoms with Crippen LogP contribution in [0.5, 0.6) is 0 Å². The number of nitrogens with one attached hydrogen (secondary N) is 2. The predicted molar refractivity (Wildman–Crippen MR) is 69.7 cm³/mol. The van der Waals surface area contributed by atoms with Gasteiger partial charge < -0.3 is 5.32 Å². The van der Waals surface area contributed by atoms with E-state index < -0.39 is 0 Å². The number of hydrogen-bond donors (Lipinski definition) is 2. The number of nitrogens with zero attached hydrogens (tertiary/aromatic N) is 3. The Morgan fingerprint density at radius 3 is 2.44 bits per heavy atom. The maximum Gasteiger partial charge on any atom is 0.190 e. The molecule has 5 nitrogen and oxygen atoms in total. The summed E-state index contributed by atoms with van der Waals surface area (Å²) in [7, 11) is 0. The molecule has 2 aromatic rings. The Balaban J connectivity index is 1.95. The van der Waals surface area contributed by atoms with Crippen molar-refractivity contribution in [1.29, 1.82) is 0 Å². The summed E-state index contributed by atoms with van der Waals surface area (Å²) in [6.45, 7) is 0. The number of hydrogen-bond acceptors (Lipinski definition) is 3. The Morgan fingerprint density at radius 2 is 1.81 bits per heavy atom. The van der Waals surface area contributed by atoms with Gasteiger partial charge in [-0.1, -0.05) is 15.9 Å². The molecule has 0 amide bonds. The topological polar surface area (TPSA) is 54.8 Å². The van der Waals surface area contributed by atoms with Gasteiger partial charge in [0.05, 0.1) is 0 Å². The summed E-state index contributed by atoms with van der Waals surface area (Å²) in [5.74, 6) is 0. The molecule has 1 aromatic heterocycles. The second-order valence-corrected chi connectivity index (χ2v) is 4.27.